The van der Waals surface area contributed by atoms with Crippen molar-refractivity contribution in [1.82, 2.24) is 10.2 Å². The maximum atomic E-state index is 6.01. The predicted molar refractivity (Wildman–Crippen MR) is 111 cm³/mol. The second-order valence-electron chi connectivity index (χ2n) is 6.03. The zero-order valence-corrected chi connectivity index (χ0v) is 15.6. The van der Waals surface area contributed by atoms with Gasteiger partial charge in [0, 0.05) is 27.0 Å². The van der Waals surface area contributed by atoms with Crippen LogP contribution >= 0.6 is 11.6 Å². The molecule has 134 valence electrons. The topological polar surface area (TPSA) is 47.0 Å². The minimum Gasteiger partial charge on any atom is -0.494 e. The van der Waals surface area contributed by atoms with Crippen molar-refractivity contribution >= 4 is 33.9 Å². The first-order valence-electron chi connectivity index (χ1n) is 8.76. The number of rotatable bonds is 5. The van der Waals surface area contributed by atoms with Crippen LogP contribution in [0.1, 0.15) is 6.92 Å². The molecule has 0 aliphatic rings. The zero-order valence-electron chi connectivity index (χ0n) is 14.8. The van der Waals surface area contributed by atoms with Crippen LogP contribution in [0.3, 0.4) is 0 Å². The van der Waals surface area contributed by atoms with Gasteiger partial charge in [-0.2, -0.15) is 0 Å². The molecule has 0 saturated carbocycles. The van der Waals surface area contributed by atoms with E-state index in [1.807, 2.05) is 73.7 Å². The van der Waals surface area contributed by atoms with Gasteiger partial charge in [-0.3, -0.25) is 0 Å². The number of benzene rings is 3. The molecule has 1 heterocycles. The highest BCUT2D eigenvalue weighted by atomic mass is 35.5. The molecular weight excluding hydrogens is 358 g/mol. The molecule has 0 unspecified atom stereocenters. The minimum atomic E-state index is 0.648. The number of ether oxygens (including phenoxy) is 1. The van der Waals surface area contributed by atoms with Gasteiger partial charge >= 0.3 is 0 Å². The molecule has 5 heteroatoms. The number of anilines is 2. The van der Waals surface area contributed by atoms with Crippen molar-refractivity contribution in [2.45, 2.75) is 6.92 Å². The van der Waals surface area contributed by atoms with Gasteiger partial charge in [-0.05, 0) is 43.3 Å². The molecule has 0 spiro atoms. The third-order valence-corrected chi connectivity index (χ3v) is 4.49. The summed E-state index contributed by atoms with van der Waals surface area (Å²) < 4.78 is 5.49. The van der Waals surface area contributed by atoms with E-state index in [4.69, 9.17) is 16.3 Å². The van der Waals surface area contributed by atoms with Crippen LogP contribution in [0.25, 0.3) is 22.0 Å². The number of nitrogens with one attached hydrogen (secondary N) is 1. The second kappa shape index (κ2) is 7.64. The maximum absolute atomic E-state index is 6.01. The largest absolute Gasteiger partial charge is 0.494 e. The van der Waals surface area contributed by atoms with Crippen LogP contribution < -0.4 is 10.1 Å². The van der Waals surface area contributed by atoms with E-state index in [1.165, 1.54) is 0 Å². The van der Waals surface area contributed by atoms with Gasteiger partial charge in [-0.1, -0.05) is 48.0 Å². The molecule has 0 aliphatic carbocycles. The average molecular weight is 376 g/mol. The van der Waals surface area contributed by atoms with Crippen LogP contribution in [0, 0.1) is 0 Å². The van der Waals surface area contributed by atoms with Gasteiger partial charge in [-0.25, -0.2) is 0 Å². The summed E-state index contributed by atoms with van der Waals surface area (Å²) in [5.74, 6) is 1.56. The molecule has 4 rings (SSSR count). The molecule has 1 aromatic heterocycles. The highest BCUT2D eigenvalue weighted by Crippen LogP contribution is 2.31. The van der Waals surface area contributed by atoms with E-state index in [9.17, 15) is 0 Å². The van der Waals surface area contributed by atoms with E-state index in [2.05, 4.69) is 21.6 Å². The lowest BCUT2D eigenvalue weighted by atomic mass is 10.0. The summed E-state index contributed by atoms with van der Waals surface area (Å²) in [7, 11) is 0. The Morgan fingerprint density at radius 2 is 1.56 bits per heavy atom. The molecule has 3 aromatic carbocycles. The van der Waals surface area contributed by atoms with E-state index in [-0.39, 0.29) is 0 Å². The standard InChI is InChI=1S/C22H18ClN3O/c1-2-27-18-13-11-17(12-14-18)24-22-20-6-4-3-5-19(20)21(25-26-22)15-7-9-16(23)10-8-15/h3-14H,2H2,1H3,(H,24,26). The van der Waals surface area contributed by atoms with Crippen LogP contribution in [-0.2, 0) is 0 Å². The fourth-order valence-electron chi connectivity index (χ4n) is 2.96. The Hall–Kier alpha value is -3.11. The van der Waals surface area contributed by atoms with Crippen molar-refractivity contribution < 1.29 is 4.74 Å². The molecule has 0 fully saturated rings. The van der Waals surface area contributed by atoms with Gasteiger partial charge in [0.1, 0.15) is 11.4 Å². The molecule has 0 amide bonds. The van der Waals surface area contributed by atoms with Crippen LogP contribution in [-0.4, -0.2) is 16.8 Å². The monoisotopic (exact) mass is 375 g/mol. The van der Waals surface area contributed by atoms with Gasteiger partial charge in [0.15, 0.2) is 5.82 Å². The van der Waals surface area contributed by atoms with Crippen molar-refractivity contribution in [3.05, 3.63) is 77.8 Å². The Kier molecular flexibility index (Phi) is 4.90. The van der Waals surface area contributed by atoms with Crippen LogP contribution in [0.2, 0.25) is 5.02 Å². The lowest BCUT2D eigenvalue weighted by Gasteiger charge is -2.12. The first kappa shape index (κ1) is 17.3. The van der Waals surface area contributed by atoms with Gasteiger partial charge in [0.05, 0.1) is 6.61 Å². The Morgan fingerprint density at radius 3 is 2.26 bits per heavy atom. The van der Waals surface area contributed by atoms with E-state index in [0.717, 1.165) is 33.5 Å². The zero-order chi connectivity index (χ0) is 18.6. The first-order valence-corrected chi connectivity index (χ1v) is 9.13. The number of nitrogens with zero attached hydrogens (tertiary/aromatic N) is 2. The van der Waals surface area contributed by atoms with Crippen LogP contribution in [0.15, 0.2) is 72.8 Å². The highest BCUT2D eigenvalue weighted by molar-refractivity contribution is 6.30. The summed E-state index contributed by atoms with van der Waals surface area (Å²) in [6, 6.07) is 23.5. The smallest absolute Gasteiger partial charge is 0.161 e. The number of aromatic nitrogens is 2. The molecular formula is C22H18ClN3O. The summed E-state index contributed by atoms with van der Waals surface area (Å²) in [5, 5.41) is 15.0. The van der Waals surface area contributed by atoms with E-state index in [0.29, 0.717) is 17.4 Å². The molecule has 0 aliphatic heterocycles. The highest BCUT2D eigenvalue weighted by Gasteiger charge is 2.11. The minimum absolute atomic E-state index is 0.648. The first-order chi connectivity index (χ1) is 13.2. The molecule has 0 radical (unpaired) electrons. The molecule has 0 atom stereocenters. The van der Waals surface area contributed by atoms with Crippen LogP contribution in [0.5, 0.6) is 5.75 Å². The Balaban J connectivity index is 1.72. The number of fused-ring (bicyclic) bond motifs is 1. The second-order valence-corrected chi connectivity index (χ2v) is 6.47. The van der Waals surface area contributed by atoms with Crippen molar-refractivity contribution in [2.24, 2.45) is 0 Å². The summed E-state index contributed by atoms with van der Waals surface area (Å²) >= 11 is 6.01. The van der Waals surface area contributed by atoms with Gasteiger partial charge in [0.25, 0.3) is 0 Å². The Bertz CT molecular complexity index is 1060. The quantitative estimate of drug-likeness (QED) is 0.458. The molecule has 0 bridgehead atoms. The van der Waals surface area contributed by atoms with Gasteiger partial charge in [-0.15, -0.1) is 10.2 Å². The summed E-state index contributed by atoms with van der Waals surface area (Å²) in [4.78, 5) is 0. The predicted octanol–water partition coefficient (Wildman–Crippen LogP) is 6.09. The Morgan fingerprint density at radius 1 is 0.852 bits per heavy atom. The average Bonchev–Trinajstić information content (AvgIpc) is 2.71. The molecule has 0 saturated heterocycles. The third-order valence-electron chi connectivity index (χ3n) is 4.23. The molecule has 4 aromatic rings. The SMILES string of the molecule is CCOc1ccc(Nc2nnc(-c3ccc(Cl)cc3)c3ccccc23)cc1. The maximum Gasteiger partial charge on any atom is 0.161 e. The third kappa shape index (κ3) is 3.71. The summed E-state index contributed by atoms with van der Waals surface area (Å²) in [6.07, 6.45) is 0. The van der Waals surface area contributed by atoms with Crippen molar-refractivity contribution in [3.8, 4) is 17.0 Å². The normalized spacial score (nSPS) is 10.7. The molecule has 27 heavy (non-hydrogen) atoms. The number of halogens is 1. The number of hydrogen-bond acceptors (Lipinski definition) is 4. The fraction of sp³-hybridized carbons (Fsp3) is 0.0909. The van der Waals surface area contributed by atoms with Crippen LogP contribution in [0.4, 0.5) is 11.5 Å². The molecule has 1 N–H and O–H groups in total. The van der Waals surface area contributed by atoms with E-state index < -0.39 is 0 Å². The summed E-state index contributed by atoms with van der Waals surface area (Å²) in [5.41, 5.74) is 2.74. The van der Waals surface area contributed by atoms with Crippen molar-refractivity contribution in [3.63, 3.8) is 0 Å². The summed E-state index contributed by atoms with van der Waals surface area (Å²) in [6.45, 7) is 2.62. The Labute approximate surface area is 162 Å². The van der Waals surface area contributed by atoms with Crippen molar-refractivity contribution in [2.75, 3.05) is 11.9 Å². The van der Waals surface area contributed by atoms with Gasteiger partial charge < -0.3 is 10.1 Å². The van der Waals surface area contributed by atoms with Gasteiger partial charge in [0.2, 0.25) is 0 Å². The molecule has 4 nitrogen and oxygen atoms in total. The lowest BCUT2D eigenvalue weighted by Crippen LogP contribution is -1.99. The lowest BCUT2D eigenvalue weighted by molar-refractivity contribution is 0.340. The van der Waals surface area contributed by atoms with E-state index >= 15 is 0 Å². The van der Waals surface area contributed by atoms with E-state index in [1.54, 1.807) is 0 Å². The fourth-order valence-corrected chi connectivity index (χ4v) is 3.08. The van der Waals surface area contributed by atoms with Crippen molar-refractivity contribution in [1.29, 1.82) is 0 Å². The number of hydrogen-bond donors (Lipinski definition) is 1.